The van der Waals surface area contributed by atoms with Crippen LogP contribution in [0, 0.1) is 11.7 Å². The molecule has 3 heterocycles. The number of esters is 1. The van der Waals surface area contributed by atoms with Crippen LogP contribution >= 0.6 is 0 Å². The molecule has 0 aliphatic carbocycles. The molecule has 37 heavy (non-hydrogen) atoms. The first-order valence-corrected chi connectivity index (χ1v) is 12.3. The van der Waals surface area contributed by atoms with Gasteiger partial charge in [0.2, 0.25) is 5.78 Å². The summed E-state index contributed by atoms with van der Waals surface area (Å²) < 4.78 is 24.2. The van der Waals surface area contributed by atoms with Crippen LogP contribution in [0.25, 0.3) is 0 Å². The number of halogens is 2. The number of nitrogens with zero attached hydrogens (tertiary/aromatic N) is 1. The Kier molecular flexibility index (Phi) is 10.8. The summed E-state index contributed by atoms with van der Waals surface area (Å²) in [6.45, 7) is 9.95. The number of fused-ring (bicyclic) bond motifs is 3. The monoisotopic (exact) mass is 578 g/mol. The molecule has 0 radical (unpaired) electrons. The van der Waals surface area contributed by atoms with E-state index >= 15 is 0 Å². The maximum atomic E-state index is 13.0. The average molecular weight is 580 g/mol. The van der Waals surface area contributed by atoms with Crippen molar-refractivity contribution in [1.82, 2.24) is 0 Å². The van der Waals surface area contributed by atoms with E-state index in [4.69, 9.17) is 9.47 Å². The maximum absolute atomic E-state index is 13.0. The summed E-state index contributed by atoms with van der Waals surface area (Å²) >= 11 is 0. The normalized spacial score (nSPS) is 22.0. The molecule has 0 unspecified atom stereocenters. The average Bonchev–Trinajstić information content (AvgIpc) is 2.79. The second-order valence-electron chi connectivity index (χ2n) is 10.5. The Morgan fingerprint density at radius 1 is 1.00 bits per heavy atom. The van der Waals surface area contributed by atoms with Crippen LogP contribution in [0.4, 0.5) is 14.9 Å². The van der Waals surface area contributed by atoms with Gasteiger partial charge in [-0.05, 0) is 57.2 Å². The van der Waals surface area contributed by atoms with Crippen molar-refractivity contribution in [2.75, 3.05) is 31.5 Å². The van der Waals surface area contributed by atoms with E-state index in [2.05, 4.69) is 5.32 Å². The minimum Gasteiger partial charge on any atom is -1.00 e. The number of hydrogen-bond donors (Lipinski definition) is 1. The smallest absolute Gasteiger partial charge is 0.412 e. The number of benzene rings is 2. The summed E-state index contributed by atoms with van der Waals surface area (Å²) in [6, 6.07) is 14.9. The van der Waals surface area contributed by atoms with Crippen molar-refractivity contribution < 1.29 is 49.7 Å². The lowest BCUT2D eigenvalue weighted by Crippen LogP contribution is -3.00. The Labute approximate surface area is 228 Å². The first-order valence-electron chi connectivity index (χ1n) is 12.3. The van der Waals surface area contributed by atoms with Crippen LogP contribution in [-0.4, -0.2) is 60.2 Å². The number of carbonyl (C=O) groups is 3. The predicted octanol–water partition coefficient (Wildman–Crippen LogP) is 2.22. The largest absolute Gasteiger partial charge is 1.00 e. The molecule has 0 saturated carbocycles. The molecule has 1 amide bonds. The molecule has 5 rings (SSSR count). The molecule has 3 aliphatic rings. The summed E-state index contributed by atoms with van der Waals surface area (Å²) in [4.78, 5) is 35.0. The Morgan fingerprint density at radius 3 is 2.14 bits per heavy atom. The number of Topliss-reactive ketones (excluding diaryl/α,β-unsaturated/α-hetero) is 1. The van der Waals surface area contributed by atoms with Crippen molar-refractivity contribution in [2.24, 2.45) is 5.92 Å². The molecule has 2 bridgehead atoms. The SMILES string of the molecule is CC(=O)O[C@H]1C[N+]2(CC(=O)c3ccc(F)cc3)CCC1CC2.CC(C)(C)OC(=O)Nc1ccccc1.[Br-]. The van der Waals surface area contributed by atoms with E-state index in [1.807, 2.05) is 51.1 Å². The molecule has 3 aliphatic heterocycles. The number of ketones is 1. The lowest BCUT2D eigenvalue weighted by atomic mass is 9.83. The van der Waals surface area contributed by atoms with E-state index in [9.17, 15) is 18.8 Å². The van der Waals surface area contributed by atoms with Gasteiger partial charge in [0.05, 0.1) is 13.1 Å². The topological polar surface area (TPSA) is 81.7 Å². The molecule has 1 atom stereocenters. The van der Waals surface area contributed by atoms with Crippen LogP contribution in [0.3, 0.4) is 0 Å². The van der Waals surface area contributed by atoms with E-state index in [0.29, 0.717) is 22.5 Å². The number of rotatable bonds is 5. The van der Waals surface area contributed by atoms with Gasteiger partial charge in [0.15, 0.2) is 6.10 Å². The van der Waals surface area contributed by atoms with Gasteiger partial charge in [-0.2, -0.15) is 0 Å². The van der Waals surface area contributed by atoms with Gasteiger partial charge in [-0.25, -0.2) is 9.18 Å². The van der Waals surface area contributed by atoms with Crippen molar-refractivity contribution in [3.05, 3.63) is 66.0 Å². The van der Waals surface area contributed by atoms with Crippen LogP contribution in [0.15, 0.2) is 54.6 Å². The van der Waals surface area contributed by atoms with Crippen LogP contribution in [0.5, 0.6) is 0 Å². The molecule has 7 nitrogen and oxygen atoms in total. The first-order chi connectivity index (χ1) is 16.9. The zero-order valence-corrected chi connectivity index (χ0v) is 23.4. The minimum absolute atomic E-state index is 0. The van der Waals surface area contributed by atoms with Crippen molar-refractivity contribution >= 4 is 23.5 Å². The third-order valence-electron chi connectivity index (χ3n) is 6.42. The summed E-state index contributed by atoms with van der Waals surface area (Å²) in [6.07, 6.45) is 1.49. The fraction of sp³-hybridized carbons (Fsp3) is 0.464. The highest BCUT2D eigenvalue weighted by Crippen LogP contribution is 2.35. The van der Waals surface area contributed by atoms with Crippen molar-refractivity contribution in [3.8, 4) is 0 Å². The van der Waals surface area contributed by atoms with Gasteiger partial charge in [-0.1, -0.05) is 18.2 Å². The fourth-order valence-electron chi connectivity index (χ4n) is 4.76. The Hall–Kier alpha value is -2.78. The number of ether oxygens (including phenoxy) is 2. The number of quaternary nitrogens is 1. The van der Waals surface area contributed by atoms with Crippen molar-refractivity contribution in [3.63, 3.8) is 0 Å². The van der Waals surface area contributed by atoms with E-state index in [1.165, 1.54) is 31.2 Å². The minimum atomic E-state index is -0.459. The highest BCUT2D eigenvalue weighted by Gasteiger charge is 2.48. The maximum Gasteiger partial charge on any atom is 0.412 e. The lowest BCUT2D eigenvalue weighted by Gasteiger charge is -2.51. The van der Waals surface area contributed by atoms with Gasteiger partial charge in [-0.15, -0.1) is 0 Å². The Bertz CT molecular complexity index is 1050. The standard InChI is InChI=1S/C17H21FNO3.C11H15NO2.BrH/c1-12(20)22-17-11-19(8-6-14(17)7-9-19)10-16(21)13-2-4-15(18)5-3-13;1-11(2,3)14-10(13)12-9-7-5-4-6-8-9;/h2-5,14,17H,6-11H2,1H3;4-8H,1-3H3,(H,12,13);1H/q+1;;/p-1/t14?,17-,19?;;/m0../s1. The first kappa shape index (κ1) is 30.4. The van der Waals surface area contributed by atoms with Crippen molar-refractivity contribution in [2.45, 2.75) is 52.2 Å². The quantitative estimate of drug-likeness (QED) is 0.334. The number of carbonyl (C=O) groups excluding carboxylic acids is 3. The Morgan fingerprint density at radius 2 is 1.59 bits per heavy atom. The predicted molar refractivity (Wildman–Crippen MR) is 135 cm³/mol. The molecule has 9 heteroatoms. The van der Waals surface area contributed by atoms with Gasteiger partial charge >= 0.3 is 12.1 Å². The number of hydrogen-bond acceptors (Lipinski definition) is 5. The number of anilines is 1. The van der Waals surface area contributed by atoms with E-state index in [0.717, 1.165) is 38.2 Å². The third kappa shape index (κ3) is 9.55. The van der Waals surface area contributed by atoms with Crippen LogP contribution in [-0.2, 0) is 14.3 Å². The molecule has 202 valence electrons. The zero-order chi connectivity index (χ0) is 26.3. The van der Waals surface area contributed by atoms with Crippen LogP contribution < -0.4 is 22.3 Å². The van der Waals surface area contributed by atoms with Gasteiger partial charge in [-0.3, -0.25) is 14.9 Å². The van der Waals surface area contributed by atoms with Gasteiger partial charge in [0.1, 0.15) is 24.5 Å². The zero-order valence-electron chi connectivity index (χ0n) is 21.8. The third-order valence-corrected chi connectivity index (χ3v) is 6.42. The highest BCUT2D eigenvalue weighted by molar-refractivity contribution is 5.97. The summed E-state index contributed by atoms with van der Waals surface area (Å²) in [5.74, 6) is -0.120. The number of piperidine rings is 3. The number of para-hydroxylation sites is 1. The molecule has 2 aromatic carbocycles. The van der Waals surface area contributed by atoms with Crippen LogP contribution in [0.1, 0.15) is 50.9 Å². The molecular formula is C28H36BrFN2O5. The van der Waals surface area contributed by atoms with Crippen LogP contribution in [0.2, 0.25) is 0 Å². The summed E-state index contributed by atoms with van der Waals surface area (Å²) in [5, 5.41) is 2.64. The van der Waals surface area contributed by atoms with E-state index in [1.54, 1.807) is 0 Å². The van der Waals surface area contributed by atoms with Gasteiger partial charge in [0.25, 0.3) is 0 Å². The van der Waals surface area contributed by atoms with Gasteiger partial charge in [0, 0.05) is 36.9 Å². The molecule has 2 aromatic rings. The van der Waals surface area contributed by atoms with Crippen molar-refractivity contribution in [1.29, 1.82) is 0 Å². The van der Waals surface area contributed by atoms with E-state index < -0.39 is 11.7 Å². The molecule has 0 aromatic heterocycles. The molecular weight excluding hydrogens is 543 g/mol. The number of amides is 1. The second kappa shape index (κ2) is 13.1. The fourth-order valence-corrected chi connectivity index (χ4v) is 4.76. The number of nitrogens with one attached hydrogen (secondary N) is 1. The second-order valence-corrected chi connectivity index (χ2v) is 10.5. The highest BCUT2D eigenvalue weighted by atomic mass is 79.9. The molecule has 0 spiro atoms. The lowest BCUT2D eigenvalue weighted by molar-refractivity contribution is -0.938. The molecule has 3 saturated heterocycles. The Balaban J connectivity index is 0.000000280. The summed E-state index contributed by atoms with van der Waals surface area (Å²) in [7, 11) is 0. The van der Waals surface area contributed by atoms with E-state index in [-0.39, 0.29) is 40.7 Å². The van der Waals surface area contributed by atoms with Gasteiger partial charge < -0.3 is 30.9 Å². The summed E-state index contributed by atoms with van der Waals surface area (Å²) in [5.41, 5.74) is 0.825. The molecule has 3 fully saturated rings. The molecule has 1 N–H and O–H groups in total.